The first-order valence-electron chi connectivity index (χ1n) is 7.47. The lowest BCUT2D eigenvalue weighted by Gasteiger charge is -2.15. The van der Waals surface area contributed by atoms with E-state index in [1.807, 2.05) is 6.92 Å². The van der Waals surface area contributed by atoms with Crippen LogP contribution in [0.25, 0.3) is 0 Å². The Morgan fingerprint density at radius 2 is 1.67 bits per heavy atom. The molecule has 0 bridgehead atoms. The maximum Gasteiger partial charge on any atom is 0.312 e. The van der Waals surface area contributed by atoms with E-state index in [0.717, 1.165) is 48.8 Å². The number of carbonyl (C=O) groups is 1. The van der Waals surface area contributed by atoms with Crippen molar-refractivity contribution in [3.63, 3.8) is 0 Å². The largest absolute Gasteiger partial charge is 0.370 e. The molecule has 1 rings (SSSR count). The molecule has 0 aromatic carbocycles. The van der Waals surface area contributed by atoms with E-state index >= 15 is 0 Å². The normalized spacial score (nSPS) is 10.2. The van der Waals surface area contributed by atoms with Gasteiger partial charge in [0.05, 0.1) is 0 Å². The third-order valence-corrected chi connectivity index (χ3v) is 2.92. The lowest BCUT2D eigenvalue weighted by atomic mass is 10.2. The zero-order valence-corrected chi connectivity index (χ0v) is 13.1. The Morgan fingerprint density at radius 3 is 2.19 bits per heavy atom. The minimum absolute atomic E-state index is 0.458. The summed E-state index contributed by atoms with van der Waals surface area (Å²) in [4.78, 5) is 19.7. The van der Waals surface area contributed by atoms with Gasteiger partial charge in [0.2, 0.25) is 0 Å². The van der Waals surface area contributed by atoms with Gasteiger partial charge in [-0.25, -0.2) is 14.8 Å². The van der Waals surface area contributed by atoms with Crippen LogP contribution in [0, 0.1) is 6.92 Å². The van der Waals surface area contributed by atoms with Crippen LogP contribution in [0.2, 0.25) is 0 Å². The summed E-state index contributed by atoms with van der Waals surface area (Å²) in [5.41, 5.74) is 6.02. The maximum atomic E-state index is 10.6. The summed E-state index contributed by atoms with van der Waals surface area (Å²) in [6.07, 6.45) is 2.88. The maximum absolute atomic E-state index is 10.6. The van der Waals surface area contributed by atoms with Gasteiger partial charge in [-0.3, -0.25) is 0 Å². The molecule has 118 valence electrons. The standard InChI is InChI=1S/C14H26N6O/c1-4-6-11-19-12(16-7-5-2)10(3)13(20-11)17-8-9-18-14(15)21/h4-9H2,1-3H3,(H3,15,18,21)(H2,16,17,19,20). The molecule has 0 aliphatic carbocycles. The molecule has 21 heavy (non-hydrogen) atoms. The number of hydrogen-bond acceptors (Lipinski definition) is 5. The molecular weight excluding hydrogens is 268 g/mol. The molecule has 2 amide bonds. The molecule has 0 saturated heterocycles. The van der Waals surface area contributed by atoms with E-state index in [0.29, 0.717) is 13.1 Å². The molecule has 1 aromatic rings. The Balaban J connectivity index is 2.78. The topological polar surface area (TPSA) is 105 Å². The number of nitrogens with zero attached hydrogens (tertiary/aromatic N) is 2. The fraction of sp³-hybridized carbons (Fsp3) is 0.643. The first kappa shape index (κ1) is 17.0. The first-order chi connectivity index (χ1) is 10.1. The van der Waals surface area contributed by atoms with Crippen molar-refractivity contribution in [2.45, 2.75) is 40.0 Å². The quantitative estimate of drug-likeness (QED) is 0.518. The van der Waals surface area contributed by atoms with E-state index in [1.54, 1.807) is 0 Å². The summed E-state index contributed by atoms with van der Waals surface area (Å²) in [6, 6.07) is -0.520. The number of nitrogens with two attached hydrogens (primary N) is 1. The molecule has 0 spiro atoms. The lowest BCUT2D eigenvalue weighted by molar-refractivity contribution is 0.249. The molecule has 1 heterocycles. The highest BCUT2D eigenvalue weighted by molar-refractivity contribution is 5.71. The van der Waals surface area contributed by atoms with Crippen LogP contribution in [-0.4, -0.2) is 35.6 Å². The average molecular weight is 294 g/mol. The summed E-state index contributed by atoms with van der Waals surface area (Å²) in [5, 5.41) is 9.09. The number of carbonyl (C=O) groups excluding carboxylic acids is 1. The van der Waals surface area contributed by atoms with Crippen LogP contribution < -0.4 is 21.7 Å². The van der Waals surface area contributed by atoms with E-state index in [9.17, 15) is 4.79 Å². The van der Waals surface area contributed by atoms with Crippen LogP contribution >= 0.6 is 0 Å². The van der Waals surface area contributed by atoms with Crippen LogP contribution in [-0.2, 0) is 6.42 Å². The molecule has 0 atom stereocenters. The number of amides is 2. The Kier molecular flexibility index (Phi) is 7.28. The van der Waals surface area contributed by atoms with Crippen LogP contribution in [0.3, 0.4) is 0 Å². The van der Waals surface area contributed by atoms with Crippen LogP contribution in [0.15, 0.2) is 0 Å². The molecular formula is C14H26N6O. The fourth-order valence-electron chi connectivity index (χ4n) is 1.85. The van der Waals surface area contributed by atoms with Crippen molar-refractivity contribution in [1.29, 1.82) is 0 Å². The van der Waals surface area contributed by atoms with Gasteiger partial charge in [0, 0.05) is 31.6 Å². The van der Waals surface area contributed by atoms with Gasteiger partial charge < -0.3 is 21.7 Å². The molecule has 1 aromatic heterocycles. The van der Waals surface area contributed by atoms with Gasteiger partial charge in [0.1, 0.15) is 17.5 Å². The second kappa shape index (κ2) is 8.99. The number of aromatic nitrogens is 2. The van der Waals surface area contributed by atoms with E-state index in [1.165, 1.54) is 0 Å². The minimum Gasteiger partial charge on any atom is -0.370 e. The molecule has 0 fully saturated rings. The van der Waals surface area contributed by atoms with Crippen molar-refractivity contribution in [2.75, 3.05) is 30.3 Å². The summed E-state index contributed by atoms with van der Waals surface area (Å²) < 4.78 is 0. The number of anilines is 2. The molecule has 0 radical (unpaired) electrons. The third-order valence-electron chi connectivity index (χ3n) is 2.92. The Morgan fingerprint density at radius 1 is 1.05 bits per heavy atom. The first-order valence-corrected chi connectivity index (χ1v) is 7.47. The van der Waals surface area contributed by atoms with E-state index < -0.39 is 6.03 Å². The average Bonchev–Trinajstić information content (AvgIpc) is 2.44. The zero-order chi connectivity index (χ0) is 15.7. The number of hydrogen-bond donors (Lipinski definition) is 4. The Bertz CT molecular complexity index is 463. The van der Waals surface area contributed by atoms with Crippen molar-refractivity contribution < 1.29 is 4.79 Å². The highest BCUT2D eigenvalue weighted by Crippen LogP contribution is 2.20. The minimum atomic E-state index is -0.520. The van der Waals surface area contributed by atoms with E-state index in [4.69, 9.17) is 5.73 Å². The van der Waals surface area contributed by atoms with Crippen LogP contribution in [0.1, 0.15) is 38.1 Å². The molecule has 0 saturated carbocycles. The van der Waals surface area contributed by atoms with Crippen molar-refractivity contribution in [2.24, 2.45) is 5.73 Å². The van der Waals surface area contributed by atoms with Crippen molar-refractivity contribution in [3.05, 3.63) is 11.4 Å². The summed E-state index contributed by atoms with van der Waals surface area (Å²) in [5.74, 6) is 2.51. The highest BCUT2D eigenvalue weighted by Gasteiger charge is 2.10. The van der Waals surface area contributed by atoms with Crippen molar-refractivity contribution in [1.82, 2.24) is 15.3 Å². The van der Waals surface area contributed by atoms with E-state index in [-0.39, 0.29) is 0 Å². The van der Waals surface area contributed by atoms with Gasteiger partial charge in [-0.1, -0.05) is 13.8 Å². The van der Waals surface area contributed by atoms with Gasteiger partial charge in [-0.05, 0) is 19.8 Å². The fourth-order valence-corrected chi connectivity index (χ4v) is 1.85. The van der Waals surface area contributed by atoms with Gasteiger partial charge in [0.15, 0.2) is 0 Å². The Hall–Kier alpha value is -2.05. The number of primary amides is 1. The number of urea groups is 1. The number of rotatable bonds is 9. The monoisotopic (exact) mass is 294 g/mol. The third kappa shape index (κ3) is 5.85. The van der Waals surface area contributed by atoms with Gasteiger partial charge in [-0.2, -0.15) is 0 Å². The van der Waals surface area contributed by atoms with Gasteiger partial charge in [-0.15, -0.1) is 0 Å². The second-order valence-corrected chi connectivity index (χ2v) is 4.86. The summed E-state index contributed by atoms with van der Waals surface area (Å²) in [7, 11) is 0. The summed E-state index contributed by atoms with van der Waals surface area (Å²) >= 11 is 0. The van der Waals surface area contributed by atoms with Crippen LogP contribution in [0.5, 0.6) is 0 Å². The van der Waals surface area contributed by atoms with Gasteiger partial charge in [0.25, 0.3) is 0 Å². The van der Waals surface area contributed by atoms with Gasteiger partial charge >= 0.3 is 6.03 Å². The number of nitrogens with one attached hydrogen (secondary N) is 3. The smallest absolute Gasteiger partial charge is 0.312 e. The molecule has 0 aliphatic rings. The molecule has 5 N–H and O–H groups in total. The lowest BCUT2D eigenvalue weighted by Crippen LogP contribution is -2.33. The van der Waals surface area contributed by atoms with Crippen LogP contribution in [0.4, 0.5) is 16.4 Å². The van der Waals surface area contributed by atoms with Crippen molar-refractivity contribution in [3.8, 4) is 0 Å². The second-order valence-electron chi connectivity index (χ2n) is 4.86. The predicted molar refractivity (Wildman–Crippen MR) is 85.6 cm³/mol. The van der Waals surface area contributed by atoms with Crippen molar-refractivity contribution >= 4 is 17.7 Å². The molecule has 7 nitrogen and oxygen atoms in total. The summed E-state index contributed by atoms with van der Waals surface area (Å²) in [6.45, 7) is 8.11. The van der Waals surface area contributed by atoms with E-state index in [2.05, 4.69) is 39.8 Å². The molecule has 0 aliphatic heterocycles. The molecule has 7 heteroatoms. The number of aryl methyl sites for hydroxylation is 1. The Labute approximate surface area is 126 Å². The zero-order valence-electron chi connectivity index (χ0n) is 13.1. The predicted octanol–water partition coefficient (Wildman–Crippen LogP) is 1.64. The highest BCUT2D eigenvalue weighted by atomic mass is 16.2. The SMILES string of the molecule is CCCNc1nc(CCC)nc(NCCNC(N)=O)c1C. The molecule has 0 unspecified atom stereocenters.